The normalized spacial score (nSPS) is 12.5. The molecule has 0 aliphatic heterocycles. The molecule has 0 fully saturated rings. The van der Waals surface area contributed by atoms with E-state index < -0.39 is 0 Å². The first kappa shape index (κ1) is 11.9. The number of aromatic amines is 1. The molecular formula is C11H12N6O. The highest BCUT2D eigenvalue weighted by molar-refractivity contribution is 5.91. The monoisotopic (exact) mass is 244 g/mol. The van der Waals surface area contributed by atoms with Crippen molar-refractivity contribution in [3.05, 3.63) is 42.0 Å². The van der Waals surface area contributed by atoms with Crippen LogP contribution in [0.2, 0.25) is 0 Å². The maximum absolute atomic E-state index is 11.6. The van der Waals surface area contributed by atoms with E-state index in [1.807, 2.05) is 6.07 Å². The van der Waals surface area contributed by atoms with Gasteiger partial charge in [-0.25, -0.2) is 0 Å². The fraction of sp³-hybridized carbons (Fsp3) is 0.182. The molecule has 2 aromatic heterocycles. The smallest absolute Gasteiger partial charge is 0.244 e. The van der Waals surface area contributed by atoms with Crippen molar-refractivity contribution in [2.24, 2.45) is 0 Å². The molecule has 92 valence electrons. The van der Waals surface area contributed by atoms with Gasteiger partial charge in [0.25, 0.3) is 0 Å². The van der Waals surface area contributed by atoms with Gasteiger partial charge < -0.3 is 5.32 Å². The number of rotatable bonds is 4. The second kappa shape index (κ2) is 5.67. The number of nitrogens with zero attached hydrogens (tertiary/aromatic N) is 4. The number of tetrazole rings is 1. The Balaban J connectivity index is 1.91. The molecule has 2 rings (SSSR count). The number of hydrogen-bond acceptors (Lipinski definition) is 5. The Morgan fingerprint density at radius 3 is 3.11 bits per heavy atom. The van der Waals surface area contributed by atoms with Crippen LogP contribution < -0.4 is 5.32 Å². The van der Waals surface area contributed by atoms with E-state index in [1.54, 1.807) is 31.5 Å². The fourth-order valence-electron chi connectivity index (χ4n) is 1.33. The van der Waals surface area contributed by atoms with Gasteiger partial charge in [-0.3, -0.25) is 9.78 Å². The number of carbonyl (C=O) groups is 1. The molecule has 0 radical (unpaired) electrons. The molecule has 0 aromatic carbocycles. The minimum absolute atomic E-state index is 0.226. The van der Waals surface area contributed by atoms with Crippen LogP contribution in [0.5, 0.6) is 0 Å². The van der Waals surface area contributed by atoms with Crippen molar-refractivity contribution in [2.75, 3.05) is 0 Å². The molecule has 0 bridgehead atoms. The van der Waals surface area contributed by atoms with Crippen LogP contribution in [0.15, 0.2) is 30.6 Å². The van der Waals surface area contributed by atoms with Crippen molar-refractivity contribution in [2.45, 2.75) is 13.0 Å². The molecule has 18 heavy (non-hydrogen) atoms. The third-order valence-electron chi connectivity index (χ3n) is 2.22. The lowest BCUT2D eigenvalue weighted by molar-refractivity contribution is -0.117. The number of carbonyl (C=O) groups excluding carboxylic acids is 1. The van der Waals surface area contributed by atoms with Crippen molar-refractivity contribution in [1.82, 2.24) is 30.9 Å². The standard InChI is InChI=1S/C11H12N6O/c1-8(11-14-16-17-15-11)13-10(18)5-4-9-3-2-6-12-7-9/h2-8H,1H3,(H,13,18)(H,14,15,16,17). The van der Waals surface area contributed by atoms with Gasteiger partial charge in [-0.05, 0) is 24.6 Å². The van der Waals surface area contributed by atoms with Crippen LogP contribution in [0.4, 0.5) is 0 Å². The van der Waals surface area contributed by atoms with Crippen LogP contribution in [0.3, 0.4) is 0 Å². The van der Waals surface area contributed by atoms with Crippen LogP contribution >= 0.6 is 0 Å². The SMILES string of the molecule is CC(NC(=O)C=Cc1cccnc1)c1nn[nH]n1. The van der Waals surface area contributed by atoms with E-state index in [1.165, 1.54) is 6.08 Å². The largest absolute Gasteiger partial charge is 0.343 e. The van der Waals surface area contributed by atoms with Crippen LogP contribution in [0.25, 0.3) is 6.08 Å². The molecule has 0 aliphatic carbocycles. The highest BCUT2D eigenvalue weighted by Crippen LogP contribution is 2.03. The minimum Gasteiger partial charge on any atom is -0.343 e. The van der Waals surface area contributed by atoms with E-state index in [2.05, 4.69) is 30.9 Å². The lowest BCUT2D eigenvalue weighted by atomic mass is 10.2. The van der Waals surface area contributed by atoms with Crippen molar-refractivity contribution in [1.29, 1.82) is 0 Å². The van der Waals surface area contributed by atoms with E-state index in [-0.39, 0.29) is 11.9 Å². The molecule has 0 aliphatic rings. The Labute approximate surface area is 103 Å². The summed E-state index contributed by atoms with van der Waals surface area (Å²) in [5.41, 5.74) is 0.861. The molecule has 2 heterocycles. The van der Waals surface area contributed by atoms with E-state index >= 15 is 0 Å². The molecule has 2 aromatic rings. The average molecular weight is 244 g/mol. The minimum atomic E-state index is -0.296. The third-order valence-corrected chi connectivity index (χ3v) is 2.22. The first-order valence-corrected chi connectivity index (χ1v) is 5.37. The molecule has 1 atom stereocenters. The zero-order valence-corrected chi connectivity index (χ0v) is 9.74. The van der Waals surface area contributed by atoms with Gasteiger partial charge in [0.2, 0.25) is 5.91 Å². The summed E-state index contributed by atoms with van der Waals surface area (Å²) in [4.78, 5) is 15.6. The molecule has 0 spiro atoms. The van der Waals surface area contributed by atoms with E-state index in [0.29, 0.717) is 5.82 Å². The lowest BCUT2D eigenvalue weighted by Gasteiger charge is -2.06. The maximum Gasteiger partial charge on any atom is 0.244 e. The van der Waals surface area contributed by atoms with Crippen molar-refractivity contribution < 1.29 is 4.79 Å². The fourth-order valence-corrected chi connectivity index (χ4v) is 1.33. The van der Waals surface area contributed by atoms with Gasteiger partial charge >= 0.3 is 0 Å². The van der Waals surface area contributed by atoms with Gasteiger partial charge in [0.05, 0.1) is 6.04 Å². The highest BCUT2D eigenvalue weighted by atomic mass is 16.1. The zero-order chi connectivity index (χ0) is 12.8. The number of hydrogen-bond donors (Lipinski definition) is 2. The Morgan fingerprint density at radius 1 is 1.56 bits per heavy atom. The van der Waals surface area contributed by atoms with Gasteiger partial charge in [-0.15, -0.1) is 10.2 Å². The maximum atomic E-state index is 11.6. The van der Waals surface area contributed by atoms with Crippen LogP contribution in [-0.4, -0.2) is 31.5 Å². The third kappa shape index (κ3) is 3.21. The lowest BCUT2D eigenvalue weighted by Crippen LogP contribution is -2.25. The highest BCUT2D eigenvalue weighted by Gasteiger charge is 2.11. The van der Waals surface area contributed by atoms with Gasteiger partial charge in [-0.2, -0.15) is 5.21 Å². The number of aromatic nitrogens is 5. The molecule has 0 saturated heterocycles. The molecule has 1 amide bonds. The summed E-state index contributed by atoms with van der Waals surface area (Å²) in [5, 5.41) is 16.1. The summed E-state index contributed by atoms with van der Waals surface area (Å²) in [6.45, 7) is 1.78. The molecule has 1 unspecified atom stereocenters. The van der Waals surface area contributed by atoms with Crippen LogP contribution in [-0.2, 0) is 4.79 Å². The number of pyridine rings is 1. The Hall–Kier alpha value is -2.57. The summed E-state index contributed by atoms with van der Waals surface area (Å²) in [5.74, 6) is 0.217. The average Bonchev–Trinajstić information content (AvgIpc) is 2.91. The molecular weight excluding hydrogens is 232 g/mol. The predicted octanol–water partition coefficient (Wildman–Crippen LogP) is 0.485. The van der Waals surface area contributed by atoms with Gasteiger partial charge in [0.15, 0.2) is 5.82 Å². The Bertz CT molecular complexity index is 522. The zero-order valence-electron chi connectivity index (χ0n) is 9.74. The Kier molecular flexibility index (Phi) is 3.75. The molecule has 7 nitrogen and oxygen atoms in total. The predicted molar refractivity (Wildman–Crippen MR) is 64.0 cm³/mol. The first-order valence-electron chi connectivity index (χ1n) is 5.37. The van der Waals surface area contributed by atoms with E-state index in [9.17, 15) is 4.79 Å². The second-order valence-corrected chi connectivity index (χ2v) is 3.62. The quantitative estimate of drug-likeness (QED) is 0.763. The van der Waals surface area contributed by atoms with Crippen LogP contribution in [0.1, 0.15) is 24.4 Å². The number of nitrogens with one attached hydrogen (secondary N) is 2. The second-order valence-electron chi connectivity index (χ2n) is 3.62. The number of amides is 1. The van der Waals surface area contributed by atoms with Crippen molar-refractivity contribution in [3.63, 3.8) is 0 Å². The summed E-state index contributed by atoms with van der Waals surface area (Å²) in [6, 6.07) is 3.37. The summed E-state index contributed by atoms with van der Waals surface area (Å²) in [6.07, 6.45) is 6.47. The molecule has 0 saturated carbocycles. The van der Waals surface area contributed by atoms with Crippen molar-refractivity contribution >= 4 is 12.0 Å². The first-order chi connectivity index (χ1) is 8.75. The Morgan fingerprint density at radius 2 is 2.44 bits per heavy atom. The summed E-state index contributed by atoms with van der Waals surface area (Å²) >= 11 is 0. The van der Waals surface area contributed by atoms with Gasteiger partial charge in [0, 0.05) is 18.5 Å². The molecule has 2 N–H and O–H groups in total. The van der Waals surface area contributed by atoms with E-state index in [0.717, 1.165) is 5.56 Å². The summed E-state index contributed by atoms with van der Waals surface area (Å²) < 4.78 is 0. The molecule has 7 heteroatoms. The van der Waals surface area contributed by atoms with E-state index in [4.69, 9.17) is 0 Å². The summed E-state index contributed by atoms with van der Waals surface area (Å²) in [7, 11) is 0. The topological polar surface area (TPSA) is 96.5 Å². The van der Waals surface area contributed by atoms with Crippen LogP contribution in [0, 0.1) is 0 Å². The van der Waals surface area contributed by atoms with Gasteiger partial charge in [-0.1, -0.05) is 11.3 Å². The van der Waals surface area contributed by atoms with Gasteiger partial charge in [0.1, 0.15) is 0 Å². The van der Waals surface area contributed by atoms with Crippen molar-refractivity contribution in [3.8, 4) is 0 Å². The number of H-pyrrole nitrogens is 1.